The number of rotatable bonds is 11. The number of hydrogen-bond donors (Lipinski definition) is 0. The Morgan fingerprint density at radius 2 is 1.75 bits per heavy atom. The van der Waals surface area contributed by atoms with Gasteiger partial charge >= 0.3 is 0 Å². The lowest BCUT2D eigenvalue weighted by Crippen LogP contribution is -2.12. The Morgan fingerprint density at radius 1 is 1.00 bits per heavy atom. The van der Waals surface area contributed by atoms with Crippen molar-refractivity contribution in [1.29, 1.82) is 0 Å². The fraction of sp³-hybridized carbons (Fsp3) is 0.600. The van der Waals surface area contributed by atoms with Gasteiger partial charge in [0.15, 0.2) is 0 Å². The zero-order valence-electron chi connectivity index (χ0n) is 12.1. The van der Waals surface area contributed by atoms with Gasteiger partial charge in [-0.15, -0.1) is 0 Å². The number of methoxy groups -OCH3 is 2. The number of ether oxygens (including phenoxy) is 4. The van der Waals surface area contributed by atoms with Gasteiger partial charge in [0.25, 0.3) is 0 Å². The summed E-state index contributed by atoms with van der Waals surface area (Å²) < 4.78 is 21.4. The van der Waals surface area contributed by atoms with E-state index in [2.05, 4.69) is 15.9 Å². The van der Waals surface area contributed by atoms with Crippen molar-refractivity contribution in [2.24, 2.45) is 0 Å². The fourth-order valence-corrected chi connectivity index (χ4v) is 2.27. The molecule has 5 heteroatoms. The average molecular weight is 347 g/mol. The van der Waals surface area contributed by atoms with Crippen molar-refractivity contribution in [3.63, 3.8) is 0 Å². The first kappa shape index (κ1) is 17.4. The van der Waals surface area contributed by atoms with Gasteiger partial charge in [0, 0.05) is 25.7 Å². The normalized spacial score (nSPS) is 12.3. The van der Waals surface area contributed by atoms with E-state index in [1.807, 2.05) is 24.3 Å². The molecule has 0 saturated carbocycles. The van der Waals surface area contributed by atoms with Crippen molar-refractivity contribution in [2.75, 3.05) is 46.0 Å². The number of hydrogen-bond acceptors (Lipinski definition) is 4. The molecule has 1 atom stereocenters. The van der Waals surface area contributed by atoms with E-state index in [0.717, 1.165) is 29.7 Å². The second-order valence-corrected chi connectivity index (χ2v) is 4.89. The summed E-state index contributed by atoms with van der Waals surface area (Å²) in [5.74, 6) is 0.851. The van der Waals surface area contributed by atoms with Crippen LogP contribution >= 0.6 is 15.9 Å². The highest BCUT2D eigenvalue weighted by atomic mass is 79.9. The minimum atomic E-state index is 0.0310. The largest absolute Gasteiger partial charge is 0.497 e. The predicted octanol–water partition coefficient (Wildman–Crippen LogP) is 3.20. The molecule has 20 heavy (non-hydrogen) atoms. The van der Waals surface area contributed by atoms with Crippen molar-refractivity contribution in [3.05, 3.63) is 29.8 Å². The molecular formula is C15H23BrO4. The van der Waals surface area contributed by atoms with E-state index in [-0.39, 0.29) is 6.10 Å². The molecule has 0 saturated heterocycles. The molecule has 0 radical (unpaired) electrons. The van der Waals surface area contributed by atoms with E-state index in [1.54, 1.807) is 14.2 Å². The van der Waals surface area contributed by atoms with Gasteiger partial charge in [-0.1, -0.05) is 28.1 Å². The van der Waals surface area contributed by atoms with Crippen LogP contribution < -0.4 is 4.74 Å². The van der Waals surface area contributed by atoms with Crippen LogP contribution in [-0.2, 0) is 14.2 Å². The van der Waals surface area contributed by atoms with E-state index in [0.29, 0.717) is 19.8 Å². The van der Waals surface area contributed by atoms with Crippen LogP contribution in [0.3, 0.4) is 0 Å². The first-order valence-corrected chi connectivity index (χ1v) is 7.82. The van der Waals surface area contributed by atoms with Gasteiger partial charge < -0.3 is 18.9 Å². The molecule has 1 unspecified atom stereocenters. The Balaban J connectivity index is 2.24. The van der Waals surface area contributed by atoms with Crippen LogP contribution in [-0.4, -0.2) is 46.0 Å². The Morgan fingerprint density at radius 3 is 2.35 bits per heavy atom. The molecule has 0 fully saturated rings. The second kappa shape index (κ2) is 11.1. The summed E-state index contributed by atoms with van der Waals surface area (Å²) in [5.41, 5.74) is 1.13. The van der Waals surface area contributed by atoms with Gasteiger partial charge in [-0.3, -0.25) is 0 Å². The van der Waals surface area contributed by atoms with E-state index < -0.39 is 0 Å². The Labute approximate surface area is 129 Å². The van der Waals surface area contributed by atoms with E-state index in [1.165, 1.54) is 0 Å². The number of halogens is 1. The fourth-order valence-electron chi connectivity index (χ4n) is 1.71. The molecule has 1 aromatic carbocycles. The van der Waals surface area contributed by atoms with Crippen molar-refractivity contribution in [2.45, 2.75) is 12.5 Å². The Bertz CT molecular complexity index is 342. The molecule has 0 bridgehead atoms. The molecule has 0 aliphatic carbocycles. The van der Waals surface area contributed by atoms with Crippen molar-refractivity contribution in [3.8, 4) is 5.75 Å². The third kappa shape index (κ3) is 6.70. The minimum Gasteiger partial charge on any atom is -0.497 e. The molecule has 0 heterocycles. The SMILES string of the molecule is COCCCOCCOC(CBr)c1ccc(OC)cc1. The van der Waals surface area contributed by atoms with Gasteiger partial charge in [-0.05, 0) is 24.1 Å². The zero-order valence-corrected chi connectivity index (χ0v) is 13.7. The Hall–Kier alpha value is -0.620. The molecule has 0 amide bonds. The molecule has 0 aliphatic heterocycles. The van der Waals surface area contributed by atoms with E-state index in [9.17, 15) is 0 Å². The molecule has 0 aromatic heterocycles. The zero-order chi connectivity index (χ0) is 14.6. The maximum Gasteiger partial charge on any atom is 0.118 e. The van der Waals surface area contributed by atoms with Crippen LogP contribution in [0.25, 0.3) is 0 Å². The maximum atomic E-state index is 5.81. The third-order valence-electron chi connectivity index (χ3n) is 2.81. The van der Waals surface area contributed by atoms with Crippen molar-refractivity contribution >= 4 is 15.9 Å². The lowest BCUT2D eigenvalue weighted by molar-refractivity contribution is 0.00978. The van der Waals surface area contributed by atoms with Gasteiger partial charge in [0.05, 0.1) is 26.4 Å². The van der Waals surface area contributed by atoms with Crippen LogP contribution in [0.4, 0.5) is 0 Å². The van der Waals surface area contributed by atoms with Crippen LogP contribution in [0.15, 0.2) is 24.3 Å². The smallest absolute Gasteiger partial charge is 0.118 e. The number of alkyl halides is 1. The minimum absolute atomic E-state index is 0.0310. The van der Waals surface area contributed by atoms with Crippen LogP contribution in [0, 0.1) is 0 Å². The maximum absolute atomic E-state index is 5.81. The molecule has 0 aliphatic rings. The summed E-state index contributed by atoms with van der Waals surface area (Å²) in [6, 6.07) is 7.92. The topological polar surface area (TPSA) is 36.9 Å². The molecule has 114 valence electrons. The van der Waals surface area contributed by atoms with Crippen LogP contribution in [0.1, 0.15) is 18.1 Å². The molecule has 0 N–H and O–H groups in total. The first-order chi connectivity index (χ1) is 9.81. The summed E-state index contributed by atoms with van der Waals surface area (Å²) in [4.78, 5) is 0. The average Bonchev–Trinajstić information content (AvgIpc) is 2.50. The lowest BCUT2D eigenvalue weighted by atomic mass is 10.1. The predicted molar refractivity (Wildman–Crippen MR) is 82.8 cm³/mol. The summed E-state index contributed by atoms with van der Waals surface area (Å²) >= 11 is 3.48. The van der Waals surface area contributed by atoms with Crippen molar-refractivity contribution in [1.82, 2.24) is 0 Å². The van der Waals surface area contributed by atoms with E-state index >= 15 is 0 Å². The monoisotopic (exact) mass is 346 g/mol. The molecule has 1 aromatic rings. The van der Waals surface area contributed by atoms with Gasteiger partial charge in [0.2, 0.25) is 0 Å². The highest BCUT2D eigenvalue weighted by Gasteiger charge is 2.10. The molecular weight excluding hydrogens is 324 g/mol. The second-order valence-electron chi connectivity index (χ2n) is 4.25. The summed E-state index contributed by atoms with van der Waals surface area (Å²) in [6.45, 7) is 2.62. The van der Waals surface area contributed by atoms with Crippen molar-refractivity contribution < 1.29 is 18.9 Å². The first-order valence-electron chi connectivity index (χ1n) is 6.70. The van der Waals surface area contributed by atoms with Gasteiger partial charge in [0.1, 0.15) is 5.75 Å². The summed E-state index contributed by atoms with van der Waals surface area (Å²) in [7, 11) is 3.35. The van der Waals surface area contributed by atoms with Crippen LogP contribution in [0.2, 0.25) is 0 Å². The quantitative estimate of drug-likeness (QED) is 0.455. The van der Waals surface area contributed by atoms with Gasteiger partial charge in [-0.2, -0.15) is 0 Å². The highest BCUT2D eigenvalue weighted by Crippen LogP contribution is 2.22. The molecule has 0 spiro atoms. The third-order valence-corrected chi connectivity index (χ3v) is 3.40. The van der Waals surface area contributed by atoms with E-state index in [4.69, 9.17) is 18.9 Å². The van der Waals surface area contributed by atoms with Gasteiger partial charge in [-0.25, -0.2) is 0 Å². The molecule has 1 rings (SSSR count). The number of benzene rings is 1. The summed E-state index contributed by atoms with van der Waals surface area (Å²) in [6.07, 6.45) is 0.945. The molecule has 4 nitrogen and oxygen atoms in total. The standard InChI is InChI=1S/C15H23BrO4/c1-17-8-3-9-19-10-11-20-15(12-16)13-4-6-14(18-2)7-5-13/h4-7,15H,3,8-12H2,1-2H3. The Kier molecular flexibility index (Phi) is 9.66. The lowest BCUT2D eigenvalue weighted by Gasteiger charge is -2.16. The summed E-state index contributed by atoms with van der Waals surface area (Å²) in [5, 5.41) is 0.753. The highest BCUT2D eigenvalue weighted by molar-refractivity contribution is 9.09. The van der Waals surface area contributed by atoms with Crippen LogP contribution in [0.5, 0.6) is 5.75 Å².